The Morgan fingerprint density at radius 2 is 2.22 bits per heavy atom. The maximum atomic E-state index is 12.0. The van der Waals surface area contributed by atoms with Crippen molar-refractivity contribution < 1.29 is 9.53 Å². The number of ether oxygens (including phenoxy) is 1. The molecule has 0 aliphatic heterocycles. The summed E-state index contributed by atoms with van der Waals surface area (Å²) in [5, 5.41) is 0. The molecule has 3 heteroatoms. The fourth-order valence-electron chi connectivity index (χ4n) is 5.08. The molecular weight excluding hydrogens is 226 g/mol. The second kappa shape index (κ2) is 4.52. The van der Waals surface area contributed by atoms with Crippen molar-refractivity contribution >= 4 is 5.97 Å². The summed E-state index contributed by atoms with van der Waals surface area (Å²) >= 11 is 0. The molecule has 3 saturated carbocycles. The summed E-state index contributed by atoms with van der Waals surface area (Å²) < 4.78 is 5.22. The van der Waals surface area contributed by atoms with Crippen molar-refractivity contribution in [3.05, 3.63) is 0 Å². The van der Waals surface area contributed by atoms with E-state index in [1.54, 1.807) is 0 Å². The van der Waals surface area contributed by atoms with Gasteiger partial charge in [-0.05, 0) is 62.7 Å². The summed E-state index contributed by atoms with van der Waals surface area (Å²) in [7, 11) is 0. The Morgan fingerprint density at radius 1 is 1.39 bits per heavy atom. The van der Waals surface area contributed by atoms with E-state index >= 15 is 0 Å². The van der Waals surface area contributed by atoms with E-state index in [1.165, 1.54) is 25.7 Å². The molecule has 1 spiro atoms. The predicted molar refractivity (Wildman–Crippen MR) is 69.8 cm³/mol. The van der Waals surface area contributed by atoms with Crippen molar-refractivity contribution in [3.63, 3.8) is 0 Å². The number of nitrogens with two attached hydrogens (primary N) is 1. The first kappa shape index (κ1) is 12.5. The molecule has 3 aliphatic rings. The van der Waals surface area contributed by atoms with Gasteiger partial charge in [0.1, 0.15) is 0 Å². The van der Waals surface area contributed by atoms with Crippen molar-refractivity contribution in [3.8, 4) is 0 Å². The van der Waals surface area contributed by atoms with Gasteiger partial charge in [-0.2, -0.15) is 0 Å². The lowest BCUT2D eigenvalue weighted by atomic mass is 9.59. The van der Waals surface area contributed by atoms with Crippen molar-refractivity contribution in [2.24, 2.45) is 28.9 Å². The first-order valence-corrected chi connectivity index (χ1v) is 7.59. The van der Waals surface area contributed by atoms with E-state index in [4.69, 9.17) is 10.5 Å². The molecule has 3 unspecified atom stereocenters. The zero-order valence-corrected chi connectivity index (χ0v) is 11.4. The highest BCUT2D eigenvalue weighted by Gasteiger charge is 2.58. The third-order valence-corrected chi connectivity index (χ3v) is 5.90. The fraction of sp³-hybridized carbons (Fsp3) is 0.933. The van der Waals surface area contributed by atoms with E-state index in [2.05, 4.69) is 0 Å². The highest BCUT2D eigenvalue weighted by Crippen LogP contribution is 2.61. The average molecular weight is 251 g/mol. The zero-order chi connectivity index (χ0) is 12.8. The Hall–Kier alpha value is -0.570. The van der Waals surface area contributed by atoms with Gasteiger partial charge >= 0.3 is 5.97 Å². The van der Waals surface area contributed by atoms with Gasteiger partial charge in [0.15, 0.2) is 0 Å². The summed E-state index contributed by atoms with van der Waals surface area (Å²) in [5.41, 5.74) is 6.79. The number of carbonyl (C=O) groups is 1. The van der Waals surface area contributed by atoms with E-state index in [1.807, 2.05) is 6.92 Å². The van der Waals surface area contributed by atoms with Crippen LogP contribution in [0, 0.1) is 23.2 Å². The van der Waals surface area contributed by atoms with Crippen LogP contribution >= 0.6 is 0 Å². The Bertz CT molecular complexity index is 339. The van der Waals surface area contributed by atoms with E-state index in [9.17, 15) is 4.79 Å². The van der Waals surface area contributed by atoms with E-state index in [0.717, 1.165) is 31.1 Å². The average Bonchev–Trinajstić information content (AvgIpc) is 2.94. The number of hydrogen-bond acceptors (Lipinski definition) is 3. The lowest BCUT2D eigenvalue weighted by Crippen LogP contribution is -2.49. The third-order valence-electron chi connectivity index (χ3n) is 5.90. The van der Waals surface area contributed by atoms with Gasteiger partial charge in [0.2, 0.25) is 0 Å². The largest absolute Gasteiger partial charge is 0.466 e. The lowest BCUT2D eigenvalue weighted by molar-refractivity contribution is -0.151. The minimum atomic E-state index is 0.0200. The molecule has 0 radical (unpaired) electrons. The molecule has 0 aromatic rings. The van der Waals surface area contributed by atoms with Crippen molar-refractivity contribution in [1.82, 2.24) is 0 Å². The van der Waals surface area contributed by atoms with Crippen LogP contribution < -0.4 is 5.73 Å². The molecule has 3 nitrogen and oxygen atoms in total. The van der Waals surface area contributed by atoms with Gasteiger partial charge in [0.05, 0.1) is 12.5 Å². The molecule has 2 bridgehead atoms. The van der Waals surface area contributed by atoms with E-state index in [0.29, 0.717) is 12.6 Å². The van der Waals surface area contributed by atoms with Crippen LogP contribution in [0.15, 0.2) is 0 Å². The first-order valence-electron chi connectivity index (χ1n) is 7.59. The summed E-state index contributed by atoms with van der Waals surface area (Å²) in [5.74, 6) is 1.65. The summed E-state index contributed by atoms with van der Waals surface area (Å²) in [4.78, 5) is 12.0. The monoisotopic (exact) mass is 251 g/mol. The smallest absolute Gasteiger partial charge is 0.308 e. The second-order valence-corrected chi connectivity index (χ2v) is 6.57. The number of hydrogen-bond donors (Lipinski definition) is 1. The topological polar surface area (TPSA) is 52.3 Å². The van der Waals surface area contributed by atoms with Gasteiger partial charge < -0.3 is 10.5 Å². The van der Waals surface area contributed by atoms with E-state index < -0.39 is 0 Å². The van der Waals surface area contributed by atoms with Crippen molar-refractivity contribution in [2.45, 2.75) is 57.9 Å². The molecule has 2 N–H and O–H groups in total. The number of esters is 1. The van der Waals surface area contributed by atoms with Crippen LogP contribution in [-0.2, 0) is 9.53 Å². The molecule has 5 atom stereocenters. The standard InChI is InChI=1S/C15H25NO2/c1-2-18-14(17)11-4-3-7-15(9-11)12-6-5-10(8-12)13(15)16/h10-13H,2-9,16H2,1H3/t10-,11?,12?,13-,15?/m1/s1. The summed E-state index contributed by atoms with van der Waals surface area (Å²) in [6.07, 6.45) is 8.37. The lowest BCUT2D eigenvalue weighted by Gasteiger charge is -2.47. The van der Waals surface area contributed by atoms with Crippen LogP contribution in [0.25, 0.3) is 0 Å². The van der Waals surface area contributed by atoms with Gasteiger partial charge in [0.25, 0.3) is 0 Å². The molecule has 0 aromatic heterocycles. The minimum Gasteiger partial charge on any atom is -0.466 e. The maximum absolute atomic E-state index is 12.0. The molecular formula is C15H25NO2. The summed E-state index contributed by atoms with van der Waals surface area (Å²) in [6, 6.07) is 0.341. The maximum Gasteiger partial charge on any atom is 0.308 e. The van der Waals surface area contributed by atoms with Crippen LogP contribution in [0.5, 0.6) is 0 Å². The molecule has 0 amide bonds. The van der Waals surface area contributed by atoms with Crippen LogP contribution in [-0.4, -0.2) is 18.6 Å². The van der Waals surface area contributed by atoms with Gasteiger partial charge in [-0.3, -0.25) is 4.79 Å². The Labute approximate surface area is 109 Å². The van der Waals surface area contributed by atoms with Gasteiger partial charge in [-0.25, -0.2) is 0 Å². The normalized spacial score (nSPS) is 46.6. The van der Waals surface area contributed by atoms with Crippen molar-refractivity contribution in [2.75, 3.05) is 6.61 Å². The van der Waals surface area contributed by atoms with Gasteiger partial charge in [0, 0.05) is 6.04 Å². The SMILES string of the molecule is CCOC(=O)C1CCCC2(C1)C1CC[C@H](C1)[C@H]2N. The molecule has 3 fully saturated rings. The van der Waals surface area contributed by atoms with Gasteiger partial charge in [-0.15, -0.1) is 0 Å². The van der Waals surface area contributed by atoms with E-state index in [-0.39, 0.29) is 17.3 Å². The molecule has 3 rings (SSSR count). The molecule has 3 aliphatic carbocycles. The molecule has 0 aromatic carbocycles. The third kappa shape index (κ3) is 1.70. The highest BCUT2D eigenvalue weighted by molar-refractivity contribution is 5.72. The predicted octanol–water partition coefficient (Wildman–Crippen LogP) is 2.48. The van der Waals surface area contributed by atoms with Crippen LogP contribution in [0.3, 0.4) is 0 Å². The Morgan fingerprint density at radius 3 is 2.89 bits per heavy atom. The fourth-order valence-corrected chi connectivity index (χ4v) is 5.08. The minimum absolute atomic E-state index is 0.0200. The summed E-state index contributed by atoms with van der Waals surface area (Å²) in [6.45, 7) is 2.39. The quantitative estimate of drug-likeness (QED) is 0.767. The molecule has 18 heavy (non-hydrogen) atoms. The number of carbonyl (C=O) groups excluding carboxylic acids is 1. The molecule has 102 valence electrons. The number of rotatable bonds is 2. The Balaban J connectivity index is 1.75. The van der Waals surface area contributed by atoms with Crippen LogP contribution in [0.1, 0.15) is 51.9 Å². The number of fused-ring (bicyclic) bond motifs is 3. The molecule has 0 heterocycles. The van der Waals surface area contributed by atoms with Gasteiger partial charge in [-0.1, -0.05) is 6.42 Å². The van der Waals surface area contributed by atoms with Crippen LogP contribution in [0.2, 0.25) is 0 Å². The Kier molecular flexibility index (Phi) is 3.13. The molecule has 0 saturated heterocycles. The first-order chi connectivity index (χ1) is 8.67. The van der Waals surface area contributed by atoms with Crippen molar-refractivity contribution in [1.29, 1.82) is 0 Å². The van der Waals surface area contributed by atoms with Crippen LogP contribution in [0.4, 0.5) is 0 Å². The zero-order valence-electron chi connectivity index (χ0n) is 11.4. The highest BCUT2D eigenvalue weighted by atomic mass is 16.5. The second-order valence-electron chi connectivity index (χ2n) is 6.57.